The maximum Gasteiger partial charge on any atom is 0.397 e. The van der Waals surface area contributed by atoms with Gasteiger partial charge in [-0.05, 0) is 33.0 Å². The molecule has 0 aliphatic carbocycles. The first-order valence-corrected chi connectivity index (χ1v) is 8.14. The molecule has 0 heterocycles. The van der Waals surface area contributed by atoms with E-state index in [0.717, 1.165) is 11.4 Å². The largest absolute Gasteiger partial charge is 0.433 e. The monoisotopic (exact) mass is 340 g/mol. The molecule has 0 saturated carbocycles. The van der Waals surface area contributed by atoms with Gasteiger partial charge in [0.1, 0.15) is 0 Å². The van der Waals surface area contributed by atoms with Crippen molar-refractivity contribution in [1.82, 2.24) is 0 Å². The summed E-state index contributed by atoms with van der Waals surface area (Å²) in [6.45, 7) is 0. The van der Waals surface area contributed by atoms with E-state index in [1.165, 1.54) is 16.7 Å². The van der Waals surface area contributed by atoms with Crippen LogP contribution < -0.4 is 0 Å². The molecule has 0 rings (SSSR count). The van der Waals surface area contributed by atoms with Crippen molar-refractivity contribution in [3.63, 3.8) is 0 Å². The molecular weight excluding hydrogens is 338 g/mol. The van der Waals surface area contributed by atoms with Crippen molar-refractivity contribution in [3.05, 3.63) is 21.6 Å². The molecule has 0 aromatic heterocycles. The minimum absolute atomic E-state index is 0.918. The number of rotatable bonds is 4. The van der Waals surface area contributed by atoms with E-state index in [1.807, 2.05) is 0 Å². The molecule has 11 heavy (non-hydrogen) atoms. The lowest BCUT2D eigenvalue weighted by Gasteiger charge is -2.03. The predicted molar refractivity (Wildman–Crippen MR) is 58.3 cm³/mol. The zero-order valence-electron chi connectivity index (χ0n) is 5.12. The zero-order chi connectivity index (χ0) is 8.74. The molecule has 7 heteroatoms. The van der Waals surface area contributed by atoms with Gasteiger partial charge in [0.2, 0.25) is 0 Å². The van der Waals surface area contributed by atoms with E-state index in [0.29, 0.717) is 0 Å². The highest BCUT2D eigenvalue weighted by molar-refractivity contribution is 9.11. The lowest BCUT2D eigenvalue weighted by Crippen LogP contribution is -1.65. The zero-order valence-corrected chi connectivity index (χ0v) is 10.8. The molecule has 0 saturated heterocycles. The van der Waals surface area contributed by atoms with Crippen molar-refractivity contribution in [2.24, 2.45) is 0 Å². The molecule has 0 amide bonds. The van der Waals surface area contributed by atoms with Crippen LogP contribution in [0.5, 0.6) is 0 Å². The van der Waals surface area contributed by atoms with Gasteiger partial charge < -0.3 is 4.52 Å². The van der Waals surface area contributed by atoms with Gasteiger partial charge in [-0.25, -0.2) is 4.57 Å². The molecule has 2 nitrogen and oxygen atoms in total. The van der Waals surface area contributed by atoms with E-state index in [1.54, 1.807) is 4.99 Å². The molecular formula is C4H4Br2ClO2PS. The van der Waals surface area contributed by atoms with Gasteiger partial charge in [0.05, 0.1) is 6.26 Å². The van der Waals surface area contributed by atoms with Crippen LogP contribution >= 0.6 is 60.4 Å². The molecule has 64 valence electrons. The van der Waals surface area contributed by atoms with Crippen molar-refractivity contribution < 1.29 is 9.09 Å². The summed E-state index contributed by atoms with van der Waals surface area (Å²) in [5.74, 6) is -3.07. The summed E-state index contributed by atoms with van der Waals surface area (Å²) >= 11 is 12.3. The summed E-state index contributed by atoms with van der Waals surface area (Å²) in [4.78, 5) is 2.98. The van der Waals surface area contributed by atoms with Crippen LogP contribution in [0.1, 0.15) is 0 Å². The van der Waals surface area contributed by atoms with Crippen LogP contribution in [0.15, 0.2) is 21.6 Å². The van der Waals surface area contributed by atoms with E-state index in [9.17, 15) is 4.57 Å². The SMILES string of the molecule is O=P(Cl)(O/C=C/Br)S/C=C/Br. The lowest BCUT2D eigenvalue weighted by atomic mass is 11.2. The molecule has 1 unspecified atom stereocenters. The molecule has 0 aromatic rings. The Morgan fingerprint density at radius 2 is 2.09 bits per heavy atom. The average molecular weight is 342 g/mol. The fourth-order valence-electron chi connectivity index (χ4n) is 0.216. The Morgan fingerprint density at radius 1 is 1.45 bits per heavy atom. The van der Waals surface area contributed by atoms with Crippen LogP contribution in [0.3, 0.4) is 0 Å². The molecule has 0 bridgehead atoms. The standard InChI is InChI=1S/C4H4Br2ClO2PS/c5-1-3-9-10(7,8)11-4-2-6/h1-4H/b3-1+,4-2+. The van der Waals surface area contributed by atoms with Gasteiger partial charge in [0, 0.05) is 4.99 Å². The first-order chi connectivity index (χ1) is 5.12. The van der Waals surface area contributed by atoms with Crippen LogP contribution in [0, 0.1) is 0 Å². The third-order valence-electron chi connectivity index (χ3n) is 0.476. The van der Waals surface area contributed by atoms with Crippen LogP contribution in [0.2, 0.25) is 0 Å². The number of hydrogen-bond donors (Lipinski definition) is 0. The molecule has 0 aromatic carbocycles. The van der Waals surface area contributed by atoms with Crippen molar-refractivity contribution >= 4 is 60.4 Å². The van der Waals surface area contributed by atoms with Crippen molar-refractivity contribution in [2.75, 3.05) is 0 Å². The Labute approximate surface area is 90.6 Å². The highest BCUT2D eigenvalue weighted by Gasteiger charge is 2.17. The third-order valence-corrected chi connectivity index (χ3v) is 4.52. The second kappa shape index (κ2) is 6.61. The topological polar surface area (TPSA) is 26.3 Å². The average Bonchev–Trinajstić information content (AvgIpc) is 1.97. The highest BCUT2D eigenvalue weighted by Crippen LogP contribution is 2.65. The number of hydrogen-bond acceptors (Lipinski definition) is 3. The maximum absolute atomic E-state index is 11.1. The van der Waals surface area contributed by atoms with Gasteiger partial charge in [0.15, 0.2) is 0 Å². The first-order valence-electron chi connectivity index (χ1n) is 2.29. The minimum atomic E-state index is -3.07. The molecule has 0 N–H and O–H groups in total. The molecule has 0 spiro atoms. The molecule has 0 aliphatic rings. The third kappa shape index (κ3) is 7.47. The van der Waals surface area contributed by atoms with Crippen molar-refractivity contribution in [3.8, 4) is 0 Å². The van der Waals surface area contributed by atoms with Gasteiger partial charge in [-0.15, -0.1) is 0 Å². The van der Waals surface area contributed by atoms with Crippen molar-refractivity contribution in [2.45, 2.75) is 0 Å². The van der Waals surface area contributed by atoms with Crippen LogP contribution in [-0.4, -0.2) is 0 Å². The Hall–Kier alpha value is 1.11. The second-order valence-corrected chi connectivity index (χ2v) is 7.79. The maximum atomic E-state index is 11.1. The summed E-state index contributed by atoms with van der Waals surface area (Å²) in [6, 6.07) is 0. The van der Waals surface area contributed by atoms with Crippen LogP contribution in [0.4, 0.5) is 0 Å². The quantitative estimate of drug-likeness (QED) is 0.541. The van der Waals surface area contributed by atoms with Gasteiger partial charge in [0.25, 0.3) is 0 Å². The number of halogens is 3. The fourth-order valence-corrected chi connectivity index (χ4v) is 3.23. The van der Waals surface area contributed by atoms with E-state index in [2.05, 4.69) is 36.4 Å². The fraction of sp³-hybridized carbons (Fsp3) is 0. The summed E-state index contributed by atoms with van der Waals surface area (Å²) in [7, 11) is 0. The summed E-state index contributed by atoms with van der Waals surface area (Å²) in [5.41, 5.74) is 0. The van der Waals surface area contributed by atoms with Gasteiger partial charge >= 0.3 is 5.92 Å². The summed E-state index contributed by atoms with van der Waals surface area (Å²) in [6.07, 6.45) is 1.23. The smallest absolute Gasteiger partial charge is 0.397 e. The van der Waals surface area contributed by atoms with E-state index >= 15 is 0 Å². The van der Waals surface area contributed by atoms with Crippen LogP contribution in [-0.2, 0) is 9.09 Å². The van der Waals surface area contributed by atoms with Crippen LogP contribution in [0.25, 0.3) is 0 Å². The molecule has 0 radical (unpaired) electrons. The van der Waals surface area contributed by atoms with Gasteiger partial charge in [-0.3, -0.25) is 0 Å². The van der Waals surface area contributed by atoms with Gasteiger partial charge in [-0.2, -0.15) is 0 Å². The van der Waals surface area contributed by atoms with E-state index in [-0.39, 0.29) is 0 Å². The second-order valence-electron chi connectivity index (χ2n) is 1.17. The minimum Gasteiger partial charge on any atom is -0.433 e. The normalized spacial score (nSPS) is 17.4. The van der Waals surface area contributed by atoms with E-state index in [4.69, 9.17) is 11.2 Å². The molecule has 1 atom stereocenters. The summed E-state index contributed by atoms with van der Waals surface area (Å²) < 4.78 is 15.8. The Kier molecular flexibility index (Phi) is 7.27. The Bertz CT molecular complexity index is 190. The van der Waals surface area contributed by atoms with Gasteiger partial charge in [-0.1, -0.05) is 31.9 Å². The van der Waals surface area contributed by atoms with Crippen molar-refractivity contribution in [1.29, 1.82) is 0 Å². The highest BCUT2D eigenvalue weighted by atomic mass is 79.9. The molecule has 0 fully saturated rings. The first kappa shape index (κ1) is 12.1. The lowest BCUT2D eigenvalue weighted by molar-refractivity contribution is 0.473. The Balaban J connectivity index is 3.90. The predicted octanol–water partition coefficient (Wildman–Crippen LogP) is 4.82. The summed E-state index contributed by atoms with van der Waals surface area (Å²) in [5, 5.41) is 1.54. The molecule has 0 aliphatic heterocycles. The van der Waals surface area contributed by atoms with E-state index < -0.39 is 5.92 Å². The Morgan fingerprint density at radius 3 is 2.55 bits per heavy atom.